The molecule has 13 heavy (non-hydrogen) atoms. The van der Waals surface area contributed by atoms with Crippen molar-refractivity contribution in [3.05, 3.63) is 42.5 Å². The summed E-state index contributed by atoms with van der Waals surface area (Å²) in [6.45, 7) is 4.60. The summed E-state index contributed by atoms with van der Waals surface area (Å²) in [5, 5.41) is 7.89. The van der Waals surface area contributed by atoms with Crippen molar-refractivity contribution in [2.45, 2.75) is 6.92 Å². The first-order valence-electron chi connectivity index (χ1n) is 3.80. The van der Waals surface area contributed by atoms with E-state index in [2.05, 4.69) is 36.9 Å². The van der Waals surface area contributed by atoms with Gasteiger partial charge >= 0.3 is 65.5 Å². The molecule has 1 aromatic carbocycles. The van der Waals surface area contributed by atoms with Gasteiger partial charge in [0.1, 0.15) is 0 Å². The van der Waals surface area contributed by atoms with E-state index in [9.17, 15) is 4.79 Å². The van der Waals surface area contributed by atoms with Crippen LogP contribution >= 0.6 is 0 Å². The van der Waals surface area contributed by atoms with E-state index in [-0.39, 0.29) is 5.57 Å². The molecule has 3 heteroatoms. The van der Waals surface area contributed by atoms with E-state index < -0.39 is 5.97 Å². The molecule has 0 radical (unpaired) electrons. The predicted molar refractivity (Wildman–Crippen MR) is 48.5 cm³/mol. The summed E-state index contributed by atoms with van der Waals surface area (Å²) in [5.74, 6) is -0.935. The number of rotatable bonds is 1. The molecule has 1 rings (SSSR count). The summed E-state index contributed by atoms with van der Waals surface area (Å²) in [4.78, 5) is 9.60. The topological polar surface area (TPSA) is 37.3 Å². The number of aliphatic carboxylic acids is 1. The fourth-order valence-corrected chi connectivity index (χ4v) is 1.54. The van der Waals surface area contributed by atoms with Gasteiger partial charge in [0.05, 0.1) is 0 Å². The number of carboxylic acids is 1. The van der Waals surface area contributed by atoms with Crippen molar-refractivity contribution in [1.29, 1.82) is 0 Å². The van der Waals surface area contributed by atoms with Crippen LogP contribution in [0, 0.1) is 0 Å². The van der Waals surface area contributed by atoms with Crippen LogP contribution in [-0.4, -0.2) is 11.1 Å². The molecule has 0 aliphatic carbocycles. The summed E-state index contributed by atoms with van der Waals surface area (Å²) in [6, 6.07) is 10.6. The van der Waals surface area contributed by atoms with E-state index in [4.69, 9.17) is 5.11 Å². The molecule has 0 aliphatic rings. The van der Waals surface area contributed by atoms with Gasteiger partial charge in [0.15, 0.2) is 0 Å². The Labute approximate surface area is 94.3 Å². The normalized spacial score (nSPS) is 8.23. The van der Waals surface area contributed by atoms with Crippen LogP contribution in [0.1, 0.15) is 6.92 Å². The zero-order chi connectivity index (χ0) is 10.3. The third-order valence-electron chi connectivity index (χ3n) is 1.21. The quantitative estimate of drug-likeness (QED) is 0.606. The summed E-state index contributed by atoms with van der Waals surface area (Å²) in [7, 11) is 0. The Kier molecular flexibility index (Phi) is 6.50. The zero-order valence-electron chi connectivity index (χ0n) is 7.66. The Balaban J connectivity index is 0.000000226. The summed E-state index contributed by atoms with van der Waals surface area (Å²) in [5.41, 5.74) is 0.176. The fraction of sp³-hybridized carbons (Fsp3) is 0.100. The second-order valence-electron chi connectivity index (χ2n) is 2.57. The van der Waals surface area contributed by atoms with Gasteiger partial charge in [-0.25, -0.2) is 4.79 Å². The van der Waals surface area contributed by atoms with Crippen molar-refractivity contribution in [3.8, 4) is 0 Å². The molecule has 0 aliphatic heterocycles. The number of carboxylic acid groups (broad SMARTS) is 1. The Bertz CT molecular complexity index is 268. The van der Waals surface area contributed by atoms with E-state index in [1.165, 1.54) is 10.00 Å². The third kappa shape index (κ3) is 7.72. The summed E-state index contributed by atoms with van der Waals surface area (Å²) in [6.07, 6.45) is 0. The molecule has 0 saturated heterocycles. The monoisotopic (exact) mass is 365 g/mol. The molecule has 0 aromatic heterocycles. The van der Waals surface area contributed by atoms with Crippen LogP contribution < -0.4 is 3.07 Å². The SMILES string of the molecule is C=C(C)C(=O)O.[Hg][c]1ccccc1. The molecule has 0 fully saturated rings. The molecule has 1 aromatic rings. The Morgan fingerprint density at radius 1 is 1.38 bits per heavy atom. The van der Waals surface area contributed by atoms with Crippen LogP contribution in [0.4, 0.5) is 0 Å². The van der Waals surface area contributed by atoms with E-state index in [0.29, 0.717) is 0 Å². The van der Waals surface area contributed by atoms with Crippen LogP contribution in [0.15, 0.2) is 42.5 Å². The zero-order valence-corrected chi connectivity index (χ0v) is 13.2. The summed E-state index contributed by atoms with van der Waals surface area (Å²) < 4.78 is 1.52. The minimum absolute atomic E-state index is 0.176. The molecular weight excluding hydrogens is 353 g/mol. The number of hydrogen-bond donors (Lipinski definition) is 1. The van der Waals surface area contributed by atoms with Gasteiger partial charge in [-0.1, -0.05) is 6.58 Å². The first-order chi connectivity index (χ1) is 6.04. The number of carbonyl (C=O) groups is 1. The second kappa shape index (κ2) is 6.84. The minimum atomic E-state index is -0.935. The third-order valence-corrected chi connectivity index (χ3v) is 3.04. The van der Waals surface area contributed by atoms with Crippen molar-refractivity contribution in [3.63, 3.8) is 0 Å². The van der Waals surface area contributed by atoms with E-state index in [1.54, 1.807) is 0 Å². The van der Waals surface area contributed by atoms with E-state index in [1.807, 2.05) is 0 Å². The molecule has 0 spiro atoms. The molecule has 0 unspecified atom stereocenters. The number of hydrogen-bond acceptors (Lipinski definition) is 1. The fourth-order valence-electron chi connectivity index (χ4n) is 0.478. The second-order valence-corrected chi connectivity index (χ2v) is 5.75. The Hall–Kier alpha value is -0.635. The van der Waals surface area contributed by atoms with Crippen LogP contribution in [0.5, 0.6) is 0 Å². The first kappa shape index (κ1) is 12.4. The molecule has 0 heterocycles. The van der Waals surface area contributed by atoms with Crippen molar-refractivity contribution in [2.24, 2.45) is 0 Å². The van der Waals surface area contributed by atoms with E-state index in [0.717, 1.165) is 26.1 Å². The predicted octanol–water partition coefficient (Wildman–Crippen LogP) is 1.51. The maximum atomic E-state index is 9.60. The van der Waals surface area contributed by atoms with Gasteiger partial charge in [-0.3, -0.25) is 0 Å². The van der Waals surface area contributed by atoms with Gasteiger partial charge < -0.3 is 5.11 Å². The average Bonchev–Trinajstić information content (AvgIpc) is 2.06. The van der Waals surface area contributed by atoms with Crippen molar-refractivity contribution in [1.82, 2.24) is 0 Å². The van der Waals surface area contributed by atoms with Gasteiger partial charge in [-0.15, -0.1) is 0 Å². The van der Waals surface area contributed by atoms with Crippen molar-refractivity contribution in [2.75, 3.05) is 0 Å². The van der Waals surface area contributed by atoms with Gasteiger partial charge in [0.2, 0.25) is 0 Å². The molecule has 1 N–H and O–H groups in total. The molecular formula is C10H11HgO2. The van der Waals surface area contributed by atoms with Crippen LogP contribution in [-0.2, 0) is 30.9 Å². The van der Waals surface area contributed by atoms with E-state index >= 15 is 0 Å². The average molecular weight is 364 g/mol. The van der Waals surface area contributed by atoms with Gasteiger partial charge in [0, 0.05) is 5.57 Å². The first-order valence-corrected chi connectivity index (χ1v) is 6.54. The molecule has 0 amide bonds. The maximum absolute atomic E-state index is 9.60. The molecule has 0 bridgehead atoms. The van der Waals surface area contributed by atoms with Crippen molar-refractivity contribution < 1.29 is 36.0 Å². The molecule has 2 nitrogen and oxygen atoms in total. The van der Waals surface area contributed by atoms with Gasteiger partial charge in [-0.2, -0.15) is 0 Å². The van der Waals surface area contributed by atoms with Crippen LogP contribution in [0.3, 0.4) is 0 Å². The van der Waals surface area contributed by atoms with Gasteiger partial charge in [0.25, 0.3) is 0 Å². The molecule has 0 atom stereocenters. The summed E-state index contributed by atoms with van der Waals surface area (Å²) >= 11 is 0.810. The molecule has 65 valence electrons. The van der Waals surface area contributed by atoms with Gasteiger partial charge in [-0.05, 0) is 6.92 Å². The van der Waals surface area contributed by atoms with Crippen LogP contribution in [0.2, 0.25) is 0 Å². The number of benzene rings is 1. The molecule has 0 saturated carbocycles. The standard InChI is InChI=1S/C6H5.C4H6O2.Hg/c1-2-4-6-5-3-1;1-3(2)4(5)6;/h1-5H;1H2,2H3,(H,5,6);. The van der Waals surface area contributed by atoms with Crippen molar-refractivity contribution >= 4 is 9.04 Å². The Morgan fingerprint density at radius 3 is 1.92 bits per heavy atom. The van der Waals surface area contributed by atoms with Crippen LogP contribution in [0.25, 0.3) is 0 Å². The Morgan fingerprint density at radius 2 is 1.77 bits per heavy atom.